The number of nitrogens with one attached hydrogen (secondary N) is 1. The van der Waals surface area contributed by atoms with Crippen molar-refractivity contribution in [3.8, 4) is 28.1 Å². The van der Waals surface area contributed by atoms with E-state index in [-0.39, 0.29) is 17.1 Å². The lowest BCUT2D eigenvalue weighted by Gasteiger charge is -2.11. The van der Waals surface area contributed by atoms with Crippen LogP contribution in [0.15, 0.2) is 108 Å². The molecule has 2 N–H and O–H groups in total. The Kier molecular flexibility index (Phi) is 6.11. The van der Waals surface area contributed by atoms with E-state index >= 15 is 0 Å². The first kappa shape index (κ1) is 21.9. The van der Waals surface area contributed by atoms with Gasteiger partial charge in [-0.3, -0.25) is 9.78 Å². The number of hydrogen-bond donors (Lipinski definition) is 2. The van der Waals surface area contributed by atoms with Gasteiger partial charge in [0, 0.05) is 34.5 Å². The van der Waals surface area contributed by atoms with Crippen LogP contribution >= 0.6 is 15.9 Å². The zero-order valence-corrected chi connectivity index (χ0v) is 19.8. The predicted molar refractivity (Wildman–Crippen MR) is 138 cm³/mol. The third-order valence-corrected chi connectivity index (χ3v) is 6.26. The predicted octanol–water partition coefficient (Wildman–Crippen LogP) is 7.03. The van der Waals surface area contributed by atoms with Gasteiger partial charge >= 0.3 is 0 Å². The smallest absolute Gasteiger partial charge is 0.199 e. The molecule has 0 fully saturated rings. The number of hydrogen-bond acceptors (Lipinski definition) is 3. The van der Waals surface area contributed by atoms with Gasteiger partial charge in [0.05, 0.1) is 16.8 Å². The average Bonchev–Trinajstić information content (AvgIpc) is 3.25. The van der Waals surface area contributed by atoms with Gasteiger partial charge < -0.3 is 10.1 Å². The maximum absolute atomic E-state index is 14.1. The van der Waals surface area contributed by atoms with E-state index in [2.05, 4.69) is 25.9 Å². The number of H-pyrrole nitrogens is 1. The van der Waals surface area contributed by atoms with E-state index in [1.54, 1.807) is 24.5 Å². The summed E-state index contributed by atoms with van der Waals surface area (Å²) in [6, 6.07) is 28.7. The molecular formula is C29H21BrN2O2. The summed E-state index contributed by atoms with van der Waals surface area (Å²) in [5, 5.41) is 10.6. The summed E-state index contributed by atoms with van der Waals surface area (Å²) in [4.78, 5) is 21.8. The highest BCUT2D eigenvalue weighted by molar-refractivity contribution is 9.10. The Balaban J connectivity index is 1.80. The summed E-state index contributed by atoms with van der Waals surface area (Å²) in [6.45, 7) is 0. The molecule has 0 saturated carbocycles. The molecule has 34 heavy (non-hydrogen) atoms. The summed E-state index contributed by atoms with van der Waals surface area (Å²) in [6.07, 6.45) is 3.99. The molecule has 0 aliphatic heterocycles. The van der Waals surface area contributed by atoms with Crippen molar-refractivity contribution < 1.29 is 9.90 Å². The van der Waals surface area contributed by atoms with Crippen molar-refractivity contribution in [3.63, 3.8) is 0 Å². The van der Waals surface area contributed by atoms with Gasteiger partial charge in [0.2, 0.25) is 0 Å². The Bertz CT molecular complexity index is 1450. The molecule has 4 nitrogen and oxygen atoms in total. The van der Waals surface area contributed by atoms with Crippen LogP contribution in [0.5, 0.6) is 5.75 Å². The van der Waals surface area contributed by atoms with Crippen LogP contribution in [0.2, 0.25) is 0 Å². The summed E-state index contributed by atoms with van der Waals surface area (Å²) in [5.41, 5.74) is 6.17. The topological polar surface area (TPSA) is 66.0 Å². The van der Waals surface area contributed by atoms with Crippen LogP contribution in [-0.2, 0) is 6.42 Å². The van der Waals surface area contributed by atoms with E-state index < -0.39 is 0 Å². The maximum atomic E-state index is 14.1. The molecule has 0 bridgehead atoms. The van der Waals surface area contributed by atoms with Gasteiger partial charge in [-0.25, -0.2) is 0 Å². The normalized spacial score (nSPS) is 10.9. The molecule has 5 rings (SSSR count). The third-order valence-electron chi connectivity index (χ3n) is 5.76. The van der Waals surface area contributed by atoms with Crippen molar-refractivity contribution in [2.75, 3.05) is 0 Å². The molecule has 0 unspecified atom stereocenters. The molecule has 0 radical (unpaired) electrons. The fraction of sp³-hybridized carbons (Fsp3) is 0.0345. The molecule has 166 valence electrons. The Morgan fingerprint density at radius 2 is 1.53 bits per heavy atom. The lowest BCUT2D eigenvalue weighted by Crippen LogP contribution is -2.07. The minimum absolute atomic E-state index is 0.0537. The van der Waals surface area contributed by atoms with Crippen molar-refractivity contribution in [1.29, 1.82) is 0 Å². The van der Waals surface area contributed by atoms with E-state index in [0.717, 1.165) is 38.1 Å². The zero-order chi connectivity index (χ0) is 23.5. The van der Waals surface area contributed by atoms with Crippen LogP contribution in [0.4, 0.5) is 0 Å². The standard InChI is InChI=1S/C29H21BrN2O2/c30-22-11-12-25(33)23(18-22)29(34)27-24(17-19-7-3-1-4-8-19)32-28(21-9-5-2-6-10-21)26(27)20-13-15-31-16-14-20/h1-16,18,32-33H,17H2. The average molecular weight is 509 g/mol. The molecule has 0 atom stereocenters. The molecule has 2 aromatic heterocycles. The second-order valence-electron chi connectivity index (χ2n) is 7.98. The molecule has 0 aliphatic carbocycles. The quantitative estimate of drug-likeness (QED) is 0.242. The number of pyridine rings is 1. The number of aromatic nitrogens is 2. The number of benzene rings is 3. The number of phenolic OH excluding ortho intramolecular Hbond substituents is 1. The number of halogens is 1. The van der Waals surface area contributed by atoms with Crippen LogP contribution in [-0.4, -0.2) is 20.9 Å². The minimum Gasteiger partial charge on any atom is -0.507 e. The van der Waals surface area contributed by atoms with Gasteiger partial charge in [-0.05, 0) is 47.0 Å². The number of rotatable bonds is 6. The Labute approximate surface area is 206 Å². The van der Waals surface area contributed by atoms with Gasteiger partial charge in [0.25, 0.3) is 0 Å². The molecule has 0 aliphatic rings. The van der Waals surface area contributed by atoms with Crippen LogP contribution < -0.4 is 0 Å². The highest BCUT2D eigenvalue weighted by atomic mass is 79.9. The largest absolute Gasteiger partial charge is 0.507 e. The monoisotopic (exact) mass is 508 g/mol. The van der Waals surface area contributed by atoms with Crippen molar-refractivity contribution in [2.45, 2.75) is 6.42 Å². The second-order valence-corrected chi connectivity index (χ2v) is 8.90. The van der Waals surface area contributed by atoms with Crippen molar-refractivity contribution >= 4 is 21.7 Å². The van der Waals surface area contributed by atoms with Crippen LogP contribution in [0, 0.1) is 0 Å². The highest BCUT2D eigenvalue weighted by Crippen LogP contribution is 2.39. The van der Waals surface area contributed by atoms with E-state index in [1.165, 1.54) is 6.07 Å². The Morgan fingerprint density at radius 3 is 2.24 bits per heavy atom. The fourth-order valence-corrected chi connectivity index (χ4v) is 4.55. The molecular weight excluding hydrogens is 488 g/mol. The van der Waals surface area contributed by atoms with E-state index in [9.17, 15) is 9.90 Å². The van der Waals surface area contributed by atoms with E-state index in [0.29, 0.717) is 12.0 Å². The summed E-state index contributed by atoms with van der Waals surface area (Å²) >= 11 is 3.44. The van der Waals surface area contributed by atoms with Gasteiger partial charge in [-0.2, -0.15) is 0 Å². The number of nitrogens with zero attached hydrogens (tertiary/aromatic N) is 1. The zero-order valence-electron chi connectivity index (χ0n) is 18.2. The molecule has 2 heterocycles. The van der Waals surface area contributed by atoms with Crippen LogP contribution in [0.3, 0.4) is 0 Å². The number of ketones is 1. The van der Waals surface area contributed by atoms with Crippen LogP contribution in [0.25, 0.3) is 22.4 Å². The number of aromatic amines is 1. The number of phenols is 1. The van der Waals surface area contributed by atoms with Gasteiger partial charge in [-0.1, -0.05) is 76.6 Å². The Morgan fingerprint density at radius 1 is 0.853 bits per heavy atom. The molecule has 0 saturated heterocycles. The molecule has 5 aromatic rings. The van der Waals surface area contributed by atoms with E-state index in [4.69, 9.17) is 0 Å². The third kappa shape index (κ3) is 4.30. The lowest BCUT2D eigenvalue weighted by molar-refractivity contribution is 0.103. The number of carbonyl (C=O) groups is 1. The van der Waals surface area contributed by atoms with Gasteiger partial charge in [0.1, 0.15) is 5.75 Å². The SMILES string of the molecule is O=C(c1cc(Br)ccc1O)c1c(Cc2ccccc2)[nH]c(-c2ccccc2)c1-c1ccncc1. The first-order valence-electron chi connectivity index (χ1n) is 10.9. The van der Waals surface area contributed by atoms with Crippen molar-refractivity contribution in [2.24, 2.45) is 0 Å². The molecule has 5 heteroatoms. The number of aromatic hydroxyl groups is 1. The lowest BCUT2D eigenvalue weighted by atomic mass is 9.91. The Hall–Kier alpha value is -3.96. The van der Waals surface area contributed by atoms with Gasteiger partial charge in [-0.15, -0.1) is 0 Å². The van der Waals surface area contributed by atoms with Crippen molar-refractivity contribution in [3.05, 3.63) is 130 Å². The summed E-state index contributed by atoms with van der Waals surface area (Å²) < 4.78 is 0.725. The molecule has 3 aromatic carbocycles. The number of carbonyl (C=O) groups excluding carboxylic acids is 1. The second kappa shape index (κ2) is 9.49. The first-order valence-corrected chi connectivity index (χ1v) is 11.7. The first-order chi connectivity index (χ1) is 16.6. The minimum atomic E-state index is -0.241. The maximum Gasteiger partial charge on any atom is 0.199 e. The molecule has 0 spiro atoms. The fourth-order valence-electron chi connectivity index (χ4n) is 4.19. The van der Waals surface area contributed by atoms with Gasteiger partial charge in [0.15, 0.2) is 5.78 Å². The molecule has 0 amide bonds. The summed E-state index contributed by atoms with van der Waals surface area (Å²) in [5.74, 6) is -0.294. The van der Waals surface area contributed by atoms with Crippen molar-refractivity contribution in [1.82, 2.24) is 9.97 Å². The highest BCUT2D eigenvalue weighted by Gasteiger charge is 2.27. The van der Waals surface area contributed by atoms with Crippen LogP contribution in [0.1, 0.15) is 27.2 Å². The summed E-state index contributed by atoms with van der Waals surface area (Å²) in [7, 11) is 0. The van der Waals surface area contributed by atoms with E-state index in [1.807, 2.05) is 72.8 Å².